The van der Waals surface area contributed by atoms with Crippen LogP contribution in [0.25, 0.3) is 0 Å². The summed E-state index contributed by atoms with van der Waals surface area (Å²) in [5.74, 6) is 0.502. The van der Waals surface area contributed by atoms with E-state index in [4.69, 9.17) is 9.69 Å². The largest absolute Gasteiger partial charge is 0.351 e. The highest BCUT2D eigenvalue weighted by atomic mass is 17.2. The number of hydrogen-bond donors (Lipinski definition) is 0. The third kappa shape index (κ3) is 1.29. The minimum Gasteiger partial charge on any atom is -0.303 e. The average molecular weight is 170 g/mol. The molecule has 0 atom stereocenters. The van der Waals surface area contributed by atoms with Gasteiger partial charge in [-0.3, -0.25) is 0 Å². The van der Waals surface area contributed by atoms with Crippen molar-refractivity contribution in [2.45, 2.75) is 58.3 Å². The molecule has 1 rings (SSSR count). The summed E-state index contributed by atoms with van der Waals surface area (Å²) < 4.78 is 0. The molecule has 0 unspecified atom stereocenters. The van der Waals surface area contributed by atoms with Crippen molar-refractivity contribution >= 4 is 6.92 Å². The Bertz CT molecular complexity index is 175. The van der Waals surface area contributed by atoms with Gasteiger partial charge in [0.1, 0.15) is 0 Å². The monoisotopic (exact) mass is 170 g/mol. The molecule has 0 radical (unpaired) electrons. The molecule has 1 fully saturated rings. The second kappa shape index (κ2) is 2.74. The van der Waals surface area contributed by atoms with Crippen molar-refractivity contribution in [1.29, 1.82) is 0 Å². The van der Waals surface area contributed by atoms with Crippen LogP contribution in [0.5, 0.6) is 0 Å². The minimum absolute atomic E-state index is 0.0845. The molecule has 1 aliphatic rings. The molecule has 0 aliphatic carbocycles. The van der Waals surface area contributed by atoms with Crippen LogP contribution >= 0.6 is 0 Å². The predicted molar refractivity (Wildman–Crippen MR) is 51.1 cm³/mol. The molecule has 0 amide bonds. The predicted octanol–water partition coefficient (Wildman–Crippen LogP) is 2.91. The lowest BCUT2D eigenvalue weighted by atomic mass is 9.38. The molecule has 1 heterocycles. The highest BCUT2D eigenvalue weighted by molar-refractivity contribution is 6.57. The molecule has 0 aromatic rings. The van der Waals surface area contributed by atoms with Crippen molar-refractivity contribution < 1.29 is 9.69 Å². The molecule has 12 heavy (non-hydrogen) atoms. The molecule has 3 heteroatoms. The van der Waals surface area contributed by atoms with Gasteiger partial charge in [-0.2, -0.15) is 0 Å². The molecule has 1 saturated heterocycles. The molecule has 0 bridgehead atoms. The Hall–Kier alpha value is -0.0151. The van der Waals surface area contributed by atoms with E-state index in [1.54, 1.807) is 0 Å². The fourth-order valence-corrected chi connectivity index (χ4v) is 1.69. The van der Waals surface area contributed by atoms with E-state index < -0.39 is 0 Å². The normalized spacial score (nSPS) is 26.8. The van der Waals surface area contributed by atoms with Gasteiger partial charge in [-0.25, -0.2) is 4.89 Å². The van der Waals surface area contributed by atoms with Gasteiger partial charge in [0.05, 0.1) is 5.60 Å². The number of rotatable bonds is 1. The highest BCUT2D eigenvalue weighted by Gasteiger charge is 2.56. The van der Waals surface area contributed by atoms with Crippen LogP contribution in [0, 0.1) is 0 Å². The summed E-state index contributed by atoms with van der Waals surface area (Å²) >= 11 is 0. The second-order valence-electron chi connectivity index (χ2n) is 5.08. The van der Waals surface area contributed by atoms with E-state index in [0.29, 0.717) is 5.82 Å². The van der Waals surface area contributed by atoms with Crippen LogP contribution < -0.4 is 0 Å². The maximum atomic E-state index is 5.34. The Morgan fingerprint density at radius 2 is 1.58 bits per heavy atom. The average Bonchev–Trinajstić information content (AvgIpc) is 2.03. The lowest BCUT2D eigenvalue weighted by molar-refractivity contribution is -0.262. The molecule has 0 saturated carbocycles. The van der Waals surface area contributed by atoms with Crippen molar-refractivity contribution in [3.63, 3.8) is 0 Å². The van der Waals surface area contributed by atoms with E-state index in [2.05, 4.69) is 41.5 Å². The van der Waals surface area contributed by atoms with Crippen LogP contribution in [0.3, 0.4) is 0 Å². The van der Waals surface area contributed by atoms with Gasteiger partial charge in [-0.1, -0.05) is 27.7 Å². The topological polar surface area (TPSA) is 18.5 Å². The van der Waals surface area contributed by atoms with Gasteiger partial charge in [-0.15, -0.1) is 0 Å². The standard InChI is InChI=1S/C9H19BO2/c1-7(2)10-8(3,4)9(5,6)11-12-10/h7H,1-6H3. The van der Waals surface area contributed by atoms with Crippen LogP contribution in [0.2, 0.25) is 11.1 Å². The van der Waals surface area contributed by atoms with Gasteiger partial charge >= 0.3 is 6.92 Å². The quantitative estimate of drug-likeness (QED) is 0.445. The van der Waals surface area contributed by atoms with Gasteiger partial charge in [0, 0.05) is 5.31 Å². The lowest BCUT2D eigenvalue weighted by Gasteiger charge is -2.32. The van der Waals surface area contributed by atoms with E-state index in [9.17, 15) is 0 Å². The summed E-state index contributed by atoms with van der Waals surface area (Å²) in [7, 11) is 0. The van der Waals surface area contributed by atoms with Crippen LogP contribution in [0.15, 0.2) is 0 Å². The van der Waals surface area contributed by atoms with Crippen LogP contribution in [0.4, 0.5) is 0 Å². The van der Waals surface area contributed by atoms with Gasteiger partial charge in [-0.05, 0) is 19.7 Å². The third-order valence-corrected chi connectivity index (χ3v) is 3.23. The molecular weight excluding hydrogens is 151 g/mol. The third-order valence-electron chi connectivity index (χ3n) is 3.23. The zero-order valence-electron chi connectivity index (χ0n) is 8.97. The van der Waals surface area contributed by atoms with Crippen molar-refractivity contribution in [2.75, 3.05) is 0 Å². The van der Waals surface area contributed by atoms with Crippen LogP contribution in [-0.4, -0.2) is 12.5 Å². The van der Waals surface area contributed by atoms with Crippen molar-refractivity contribution in [3.05, 3.63) is 0 Å². The summed E-state index contributed by atoms with van der Waals surface area (Å²) in [6, 6.07) is 0. The SMILES string of the molecule is CC(C)B1OOC(C)(C)C1(C)C. The van der Waals surface area contributed by atoms with Crippen molar-refractivity contribution in [1.82, 2.24) is 0 Å². The first kappa shape index (κ1) is 10.1. The first-order valence-electron chi connectivity index (χ1n) is 4.63. The van der Waals surface area contributed by atoms with Gasteiger partial charge in [0.25, 0.3) is 0 Å². The Labute approximate surface area is 75.7 Å². The minimum atomic E-state index is -0.179. The van der Waals surface area contributed by atoms with E-state index in [1.807, 2.05) is 0 Å². The van der Waals surface area contributed by atoms with Gasteiger partial charge in [0.2, 0.25) is 0 Å². The molecule has 2 nitrogen and oxygen atoms in total. The fraction of sp³-hybridized carbons (Fsp3) is 1.00. The maximum Gasteiger partial charge on any atom is 0.351 e. The number of hydrogen-bond acceptors (Lipinski definition) is 2. The van der Waals surface area contributed by atoms with Gasteiger partial charge in [0.15, 0.2) is 0 Å². The molecule has 1 aliphatic heterocycles. The Kier molecular flexibility index (Phi) is 2.30. The first-order chi connectivity index (χ1) is 5.29. The zero-order chi connectivity index (χ0) is 9.57. The summed E-state index contributed by atoms with van der Waals surface area (Å²) in [6.45, 7) is 13.1. The smallest absolute Gasteiger partial charge is 0.303 e. The molecule has 0 aromatic heterocycles. The molecular formula is C9H19BO2. The molecule has 0 aromatic carbocycles. The summed E-state index contributed by atoms with van der Waals surface area (Å²) in [6.07, 6.45) is 0. The Morgan fingerprint density at radius 3 is 1.75 bits per heavy atom. The lowest BCUT2D eigenvalue weighted by Crippen LogP contribution is -2.38. The summed E-state index contributed by atoms with van der Waals surface area (Å²) in [4.78, 5) is 10.7. The van der Waals surface area contributed by atoms with E-state index >= 15 is 0 Å². The van der Waals surface area contributed by atoms with Crippen molar-refractivity contribution in [3.8, 4) is 0 Å². The fourth-order valence-electron chi connectivity index (χ4n) is 1.69. The van der Waals surface area contributed by atoms with E-state index in [1.165, 1.54) is 0 Å². The molecule has 0 spiro atoms. The highest BCUT2D eigenvalue weighted by Crippen LogP contribution is 2.51. The Morgan fingerprint density at radius 1 is 1.08 bits per heavy atom. The van der Waals surface area contributed by atoms with E-state index in [-0.39, 0.29) is 17.8 Å². The van der Waals surface area contributed by atoms with Crippen LogP contribution in [0.1, 0.15) is 41.5 Å². The summed E-state index contributed by atoms with van der Waals surface area (Å²) in [5, 5.41) is 0.0845. The molecule has 0 N–H and O–H groups in total. The molecule has 70 valence electrons. The van der Waals surface area contributed by atoms with Gasteiger partial charge < -0.3 is 4.81 Å². The van der Waals surface area contributed by atoms with Crippen LogP contribution in [-0.2, 0) is 9.69 Å². The second-order valence-corrected chi connectivity index (χ2v) is 5.08. The first-order valence-corrected chi connectivity index (χ1v) is 4.63. The summed E-state index contributed by atoms with van der Waals surface area (Å²) in [5.41, 5.74) is -0.179. The Balaban J connectivity index is 2.85. The van der Waals surface area contributed by atoms with E-state index in [0.717, 1.165) is 0 Å². The zero-order valence-corrected chi connectivity index (χ0v) is 8.97. The maximum absolute atomic E-state index is 5.34. The van der Waals surface area contributed by atoms with Crippen molar-refractivity contribution in [2.24, 2.45) is 0 Å².